The Hall–Kier alpha value is -3.92. The molecule has 4 aromatic carbocycles. The van der Waals surface area contributed by atoms with Crippen molar-refractivity contribution in [3.8, 4) is 38.7 Å². The van der Waals surface area contributed by atoms with Crippen molar-refractivity contribution in [2.75, 3.05) is 0 Å². The Morgan fingerprint density at radius 1 is 0.808 bits per heavy atom. The third-order valence-electron chi connectivity index (χ3n) is 11.9. The molecule has 3 heterocycles. The molecule has 2 aliphatic carbocycles. The first-order valence-electron chi connectivity index (χ1n) is 18.7. The van der Waals surface area contributed by atoms with Crippen LogP contribution in [0.2, 0.25) is 0 Å². The molecule has 1 spiro atoms. The predicted molar refractivity (Wildman–Crippen MR) is 212 cm³/mol. The van der Waals surface area contributed by atoms with Gasteiger partial charge in [0.15, 0.2) is 0 Å². The molecule has 1 N–H and O–H groups in total. The average molecular weight is 882 g/mol. The van der Waals surface area contributed by atoms with Crippen molar-refractivity contribution in [2.24, 2.45) is 5.41 Å². The van der Waals surface area contributed by atoms with Crippen molar-refractivity contribution in [3.05, 3.63) is 108 Å². The summed E-state index contributed by atoms with van der Waals surface area (Å²) in [4.78, 5) is 14.7. The summed E-state index contributed by atoms with van der Waals surface area (Å²) in [6.07, 6.45) is 16.5. The number of phenolic OH excluding ortho intramolecular Hbond substituents is 1. The molecule has 3 aromatic heterocycles. The van der Waals surface area contributed by atoms with Gasteiger partial charge in [-0.2, -0.15) is 0 Å². The number of hydrogen-bond acceptors (Lipinski definition) is 5. The molecule has 4 nitrogen and oxygen atoms in total. The third-order valence-corrected chi connectivity index (χ3v) is 13.0. The Kier molecular flexibility index (Phi) is 9.33. The molecule has 2 fully saturated rings. The molecule has 266 valence electrons. The van der Waals surface area contributed by atoms with Gasteiger partial charge in [0, 0.05) is 49.4 Å². The molecule has 52 heavy (non-hydrogen) atoms. The summed E-state index contributed by atoms with van der Waals surface area (Å²) in [5, 5.41) is 14.8. The number of benzene rings is 4. The smallest absolute Gasteiger partial charge is 0.127 e. The van der Waals surface area contributed by atoms with Crippen LogP contribution in [0.1, 0.15) is 95.6 Å². The van der Waals surface area contributed by atoms with Crippen molar-refractivity contribution < 1.29 is 26.2 Å². The van der Waals surface area contributed by atoms with Crippen LogP contribution in [-0.4, -0.2) is 20.1 Å². The largest absolute Gasteiger partial charge is 0.507 e. The normalized spacial score (nSPS) is 16.4. The maximum atomic E-state index is 11.0. The molecule has 9 rings (SSSR count). The van der Waals surface area contributed by atoms with E-state index in [-0.39, 0.29) is 32.2 Å². The number of thiazole rings is 1. The van der Waals surface area contributed by atoms with E-state index >= 15 is 0 Å². The Morgan fingerprint density at radius 2 is 1.60 bits per heavy atom. The van der Waals surface area contributed by atoms with E-state index in [1.165, 1.54) is 68.9 Å². The zero-order valence-corrected chi connectivity index (χ0v) is 33.2. The van der Waals surface area contributed by atoms with Gasteiger partial charge in [0.05, 0.1) is 11.1 Å². The van der Waals surface area contributed by atoms with Gasteiger partial charge >= 0.3 is 0 Å². The first-order chi connectivity index (χ1) is 24.7. The number of phenols is 1. The average Bonchev–Trinajstić information content (AvgIpc) is 3.59. The molecule has 2 saturated carbocycles. The van der Waals surface area contributed by atoms with Gasteiger partial charge in [-0.15, -0.1) is 34.9 Å². The van der Waals surface area contributed by atoms with Crippen molar-refractivity contribution in [1.29, 1.82) is 0 Å². The van der Waals surface area contributed by atoms with Crippen molar-refractivity contribution in [1.82, 2.24) is 15.0 Å². The zero-order valence-electron chi connectivity index (χ0n) is 30.1. The maximum absolute atomic E-state index is 11.0. The monoisotopic (exact) mass is 881 g/mol. The first kappa shape index (κ1) is 35.1. The second kappa shape index (κ2) is 13.8. The van der Waals surface area contributed by atoms with Gasteiger partial charge in [0.2, 0.25) is 0 Å². The molecule has 6 heteroatoms. The molecule has 0 unspecified atom stereocenters. The van der Waals surface area contributed by atoms with Gasteiger partial charge in [-0.25, -0.2) is 4.98 Å². The minimum absolute atomic E-state index is 0. The summed E-state index contributed by atoms with van der Waals surface area (Å²) in [7, 11) is 0. The molecule has 0 amide bonds. The summed E-state index contributed by atoms with van der Waals surface area (Å²) in [5.74, 6) is 0.945. The van der Waals surface area contributed by atoms with Crippen LogP contribution in [0.4, 0.5) is 0 Å². The van der Waals surface area contributed by atoms with Crippen LogP contribution in [-0.2, 0) is 26.5 Å². The summed E-state index contributed by atoms with van der Waals surface area (Å²) >= 11 is 1.59. The Bertz CT molecular complexity index is 2410. The van der Waals surface area contributed by atoms with E-state index in [1.807, 2.05) is 24.5 Å². The van der Waals surface area contributed by atoms with Gasteiger partial charge in [0.25, 0.3) is 0 Å². The Labute approximate surface area is 325 Å². The van der Waals surface area contributed by atoms with Crippen LogP contribution in [0, 0.1) is 11.5 Å². The quantitative estimate of drug-likeness (QED) is 0.141. The number of nitrogens with zero attached hydrogens (tertiary/aromatic N) is 3. The van der Waals surface area contributed by atoms with Gasteiger partial charge in [0.1, 0.15) is 10.8 Å². The SMILES string of the molecule is CC(C)(C)c1ccc(-c2nc3c(ccc4ncc5ccc(-c6cc(-c7ccc(C8CCC9(CCCCC9)CC8)cc7)ccn6)[c-]c5c43)s2)c(O)c1.[Pt]. The van der Waals surface area contributed by atoms with Crippen LogP contribution in [0.15, 0.2) is 91.3 Å². The van der Waals surface area contributed by atoms with Gasteiger partial charge in [-0.05, 0) is 113 Å². The van der Waals surface area contributed by atoms with E-state index < -0.39 is 0 Å². The van der Waals surface area contributed by atoms with Crippen LogP contribution in [0.5, 0.6) is 5.75 Å². The molecular weight excluding hydrogens is 838 g/mol. The second-order valence-electron chi connectivity index (χ2n) is 16.2. The van der Waals surface area contributed by atoms with Crippen molar-refractivity contribution >= 4 is 43.2 Å². The van der Waals surface area contributed by atoms with E-state index in [9.17, 15) is 5.11 Å². The summed E-state index contributed by atoms with van der Waals surface area (Å²) in [6, 6.07) is 31.7. The van der Waals surface area contributed by atoms with E-state index in [1.54, 1.807) is 11.3 Å². The number of aromatic hydroxyl groups is 1. The van der Waals surface area contributed by atoms with Gasteiger partial charge < -0.3 is 5.11 Å². The molecule has 0 bridgehead atoms. The molecule has 7 aromatic rings. The molecule has 0 saturated heterocycles. The Balaban J connectivity index is 0.00000387. The van der Waals surface area contributed by atoms with E-state index in [4.69, 9.17) is 15.0 Å². The first-order valence-corrected chi connectivity index (χ1v) is 19.5. The molecule has 0 radical (unpaired) electrons. The van der Waals surface area contributed by atoms with Crippen molar-refractivity contribution in [3.63, 3.8) is 0 Å². The summed E-state index contributed by atoms with van der Waals surface area (Å²) in [6.45, 7) is 6.46. The minimum atomic E-state index is -0.0517. The van der Waals surface area contributed by atoms with E-state index in [0.29, 0.717) is 11.3 Å². The van der Waals surface area contributed by atoms with E-state index in [2.05, 4.69) is 93.6 Å². The standard InChI is InChI=1S/C46H44N3OS.Pt/c1-45(2,3)35-13-14-36(40(50)27-35)44-49-43-41(51-44)16-15-38-42(43)37-25-33(11-12-34(37)28-48-38)39-26-32(19-24-47-39)30-9-7-29(8-10-30)31-17-22-46(23-18-31)20-5-4-6-21-46;/h7-16,19,24,26-28,31,50H,4-6,17-18,20-23H2,1-3H3;/q-1;. The summed E-state index contributed by atoms with van der Waals surface area (Å²) in [5.41, 5.74) is 9.90. The van der Waals surface area contributed by atoms with Crippen LogP contribution < -0.4 is 0 Å². The molecule has 2 aliphatic rings. The third kappa shape index (κ3) is 6.49. The number of hydrogen-bond donors (Lipinski definition) is 1. The zero-order chi connectivity index (χ0) is 34.7. The number of rotatable bonds is 4. The fourth-order valence-electron chi connectivity index (χ4n) is 8.81. The summed E-state index contributed by atoms with van der Waals surface area (Å²) < 4.78 is 1.05. The van der Waals surface area contributed by atoms with Crippen LogP contribution in [0.3, 0.4) is 0 Å². The van der Waals surface area contributed by atoms with E-state index in [0.717, 1.165) is 64.8 Å². The number of fused-ring (bicyclic) bond motifs is 5. The molecule has 0 aliphatic heterocycles. The van der Waals surface area contributed by atoms with Crippen LogP contribution in [0.25, 0.3) is 64.8 Å². The van der Waals surface area contributed by atoms with Crippen molar-refractivity contribution in [2.45, 2.75) is 89.9 Å². The Morgan fingerprint density at radius 3 is 2.35 bits per heavy atom. The number of aromatic nitrogens is 3. The fraction of sp³-hybridized carbons (Fsp3) is 0.326. The van der Waals surface area contributed by atoms with Crippen LogP contribution >= 0.6 is 11.3 Å². The molecular formula is C46H44N3OPtS-. The molecule has 0 atom stereocenters. The predicted octanol–water partition coefficient (Wildman–Crippen LogP) is 12.8. The topological polar surface area (TPSA) is 58.9 Å². The maximum Gasteiger partial charge on any atom is 0.127 e. The van der Waals surface area contributed by atoms with Gasteiger partial charge in [-0.3, -0.25) is 9.97 Å². The van der Waals surface area contributed by atoms with Gasteiger partial charge in [-0.1, -0.05) is 87.4 Å². The number of pyridine rings is 2. The minimum Gasteiger partial charge on any atom is -0.507 e. The second-order valence-corrected chi connectivity index (χ2v) is 17.2. The fourth-order valence-corrected chi connectivity index (χ4v) is 9.82.